The zero-order valence-corrected chi connectivity index (χ0v) is 11.9. The summed E-state index contributed by atoms with van der Waals surface area (Å²) < 4.78 is 7.16. The van der Waals surface area contributed by atoms with Gasteiger partial charge in [0, 0.05) is 18.5 Å². The van der Waals surface area contributed by atoms with Crippen LogP contribution in [0, 0.1) is 0 Å². The summed E-state index contributed by atoms with van der Waals surface area (Å²) >= 11 is 0. The zero-order valence-electron chi connectivity index (χ0n) is 11.9. The minimum absolute atomic E-state index is 0.591. The van der Waals surface area contributed by atoms with Crippen molar-refractivity contribution in [3.63, 3.8) is 0 Å². The van der Waals surface area contributed by atoms with Crippen LogP contribution in [-0.4, -0.2) is 26.9 Å². The molecular formula is C16H16N4O. The lowest BCUT2D eigenvalue weighted by Gasteiger charge is -2.07. The van der Waals surface area contributed by atoms with Gasteiger partial charge >= 0.3 is 0 Å². The molecule has 0 unspecified atom stereocenters. The summed E-state index contributed by atoms with van der Waals surface area (Å²) in [6.07, 6.45) is 8.60. The van der Waals surface area contributed by atoms with E-state index in [1.807, 2.05) is 22.9 Å². The lowest BCUT2D eigenvalue weighted by Crippen LogP contribution is -2.01. The quantitative estimate of drug-likeness (QED) is 0.724. The smallest absolute Gasteiger partial charge is 0.213 e. The molecule has 21 heavy (non-hydrogen) atoms. The molecule has 0 radical (unpaired) electrons. The van der Waals surface area contributed by atoms with Gasteiger partial charge in [0.15, 0.2) is 0 Å². The maximum Gasteiger partial charge on any atom is 0.213 e. The molecule has 0 fully saturated rings. The van der Waals surface area contributed by atoms with Crippen LogP contribution in [0.1, 0.15) is 24.1 Å². The Morgan fingerprint density at radius 3 is 2.90 bits per heavy atom. The van der Waals surface area contributed by atoms with Gasteiger partial charge in [-0.15, -0.1) is 0 Å². The predicted molar refractivity (Wildman–Crippen MR) is 79.9 cm³/mol. The lowest BCUT2D eigenvalue weighted by molar-refractivity contribution is 0.399. The van der Waals surface area contributed by atoms with E-state index in [1.165, 1.54) is 24.1 Å². The molecule has 106 valence electrons. The number of aryl methyl sites for hydroxylation is 2. The van der Waals surface area contributed by atoms with Gasteiger partial charge in [-0.2, -0.15) is 5.10 Å². The van der Waals surface area contributed by atoms with Crippen LogP contribution in [0.15, 0.2) is 30.6 Å². The van der Waals surface area contributed by atoms with Crippen LogP contribution in [0.5, 0.6) is 5.88 Å². The van der Waals surface area contributed by atoms with E-state index in [4.69, 9.17) is 9.84 Å². The summed E-state index contributed by atoms with van der Waals surface area (Å²) in [6, 6.07) is 5.70. The number of methoxy groups -OCH3 is 1. The second-order valence-corrected chi connectivity index (χ2v) is 5.30. The van der Waals surface area contributed by atoms with Crippen molar-refractivity contribution in [2.45, 2.75) is 25.7 Å². The van der Waals surface area contributed by atoms with Crippen LogP contribution in [0.3, 0.4) is 0 Å². The molecule has 3 aromatic heterocycles. The van der Waals surface area contributed by atoms with Crippen molar-refractivity contribution in [1.29, 1.82) is 0 Å². The fraction of sp³-hybridized carbons (Fsp3) is 0.312. The van der Waals surface area contributed by atoms with E-state index in [2.05, 4.69) is 16.2 Å². The summed E-state index contributed by atoms with van der Waals surface area (Å²) in [4.78, 5) is 8.90. The van der Waals surface area contributed by atoms with Gasteiger partial charge in [-0.3, -0.25) is 4.98 Å². The molecule has 0 atom stereocenters. The van der Waals surface area contributed by atoms with Crippen molar-refractivity contribution in [2.75, 3.05) is 7.11 Å². The molecular weight excluding hydrogens is 264 g/mol. The topological polar surface area (TPSA) is 52.8 Å². The summed E-state index contributed by atoms with van der Waals surface area (Å²) in [5.41, 5.74) is 5.19. The van der Waals surface area contributed by atoms with Gasteiger partial charge in [0.2, 0.25) is 5.88 Å². The Hall–Kier alpha value is -2.43. The maximum atomic E-state index is 5.23. The van der Waals surface area contributed by atoms with Gasteiger partial charge in [0.1, 0.15) is 5.52 Å². The van der Waals surface area contributed by atoms with Gasteiger partial charge in [0.25, 0.3) is 0 Å². The van der Waals surface area contributed by atoms with E-state index in [-0.39, 0.29) is 0 Å². The summed E-state index contributed by atoms with van der Waals surface area (Å²) in [5, 5.41) is 4.73. The molecule has 5 heteroatoms. The summed E-state index contributed by atoms with van der Waals surface area (Å²) in [6.45, 7) is 0. The van der Waals surface area contributed by atoms with Gasteiger partial charge in [-0.05, 0) is 43.4 Å². The Labute approximate surface area is 122 Å². The van der Waals surface area contributed by atoms with Gasteiger partial charge < -0.3 is 4.74 Å². The molecule has 1 aliphatic rings. The van der Waals surface area contributed by atoms with E-state index >= 15 is 0 Å². The normalized spacial score (nSPS) is 14.1. The third-order valence-corrected chi connectivity index (χ3v) is 3.98. The largest absolute Gasteiger partial charge is 0.481 e. The maximum absolute atomic E-state index is 5.23. The van der Waals surface area contributed by atoms with Crippen molar-refractivity contribution < 1.29 is 4.74 Å². The lowest BCUT2D eigenvalue weighted by atomic mass is 9.99. The highest BCUT2D eigenvalue weighted by atomic mass is 16.5. The highest BCUT2D eigenvalue weighted by Crippen LogP contribution is 2.25. The number of hydrogen-bond acceptors (Lipinski definition) is 4. The van der Waals surface area contributed by atoms with Crippen molar-refractivity contribution in [2.24, 2.45) is 0 Å². The fourth-order valence-electron chi connectivity index (χ4n) is 2.89. The van der Waals surface area contributed by atoms with Crippen molar-refractivity contribution in [3.8, 4) is 11.6 Å². The SMILES string of the molecule is COc1ccc2nccc(-n3cc4c(n3)CCCC4)c2n1. The average molecular weight is 280 g/mol. The van der Waals surface area contributed by atoms with E-state index in [0.29, 0.717) is 5.88 Å². The number of pyridine rings is 2. The summed E-state index contributed by atoms with van der Waals surface area (Å²) in [5.74, 6) is 0.591. The van der Waals surface area contributed by atoms with E-state index in [1.54, 1.807) is 13.3 Å². The van der Waals surface area contributed by atoms with E-state index < -0.39 is 0 Å². The average Bonchev–Trinajstić information content (AvgIpc) is 2.97. The van der Waals surface area contributed by atoms with Crippen LogP contribution in [0.4, 0.5) is 0 Å². The van der Waals surface area contributed by atoms with Gasteiger partial charge in [-0.25, -0.2) is 9.67 Å². The Bertz CT molecular complexity index is 786. The number of hydrogen-bond donors (Lipinski definition) is 0. The minimum atomic E-state index is 0.591. The molecule has 4 rings (SSSR count). The first kappa shape index (κ1) is 12.3. The van der Waals surface area contributed by atoms with Crippen LogP contribution in [0.2, 0.25) is 0 Å². The molecule has 3 heterocycles. The third kappa shape index (κ3) is 2.05. The van der Waals surface area contributed by atoms with E-state index in [0.717, 1.165) is 29.6 Å². The number of rotatable bonds is 2. The molecule has 0 aliphatic heterocycles. The Morgan fingerprint density at radius 1 is 1.14 bits per heavy atom. The first-order valence-electron chi connectivity index (χ1n) is 7.23. The Kier molecular flexibility index (Phi) is 2.84. The van der Waals surface area contributed by atoms with Crippen LogP contribution in [-0.2, 0) is 12.8 Å². The molecule has 3 aromatic rings. The fourth-order valence-corrected chi connectivity index (χ4v) is 2.89. The van der Waals surface area contributed by atoms with Crippen LogP contribution >= 0.6 is 0 Å². The molecule has 0 saturated carbocycles. The number of fused-ring (bicyclic) bond motifs is 2. The predicted octanol–water partition coefficient (Wildman–Crippen LogP) is 2.70. The van der Waals surface area contributed by atoms with Crippen molar-refractivity contribution in [1.82, 2.24) is 19.7 Å². The Morgan fingerprint density at radius 2 is 2.05 bits per heavy atom. The second-order valence-electron chi connectivity index (χ2n) is 5.30. The highest BCUT2D eigenvalue weighted by molar-refractivity contribution is 5.83. The van der Waals surface area contributed by atoms with Crippen molar-refractivity contribution >= 4 is 11.0 Å². The molecule has 0 spiro atoms. The Balaban J connectivity index is 1.91. The molecule has 0 aromatic carbocycles. The molecule has 0 bridgehead atoms. The molecule has 0 saturated heterocycles. The number of nitrogens with zero attached hydrogens (tertiary/aromatic N) is 4. The van der Waals surface area contributed by atoms with Gasteiger partial charge in [0.05, 0.1) is 24.0 Å². The van der Waals surface area contributed by atoms with Gasteiger partial charge in [-0.1, -0.05) is 0 Å². The molecule has 1 aliphatic carbocycles. The minimum Gasteiger partial charge on any atom is -0.481 e. The van der Waals surface area contributed by atoms with Crippen LogP contribution in [0.25, 0.3) is 16.7 Å². The van der Waals surface area contributed by atoms with E-state index in [9.17, 15) is 0 Å². The molecule has 0 N–H and O–H groups in total. The number of aromatic nitrogens is 4. The summed E-state index contributed by atoms with van der Waals surface area (Å²) in [7, 11) is 1.62. The second kappa shape index (κ2) is 4.84. The standard InChI is InChI=1S/C16H16N4O/c1-21-15-7-6-13-16(18-15)14(8-9-17-13)20-10-11-4-2-3-5-12(11)19-20/h6-10H,2-5H2,1H3. The van der Waals surface area contributed by atoms with Crippen LogP contribution < -0.4 is 4.74 Å². The van der Waals surface area contributed by atoms with Crippen molar-refractivity contribution in [3.05, 3.63) is 41.9 Å². The molecule has 5 nitrogen and oxygen atoms in total. The molecule has 0 amide bonds. The third-order valence-electron chi connectivity index (χ3n) is 3.98. The zero-order chi connectivity index (χ0) is 14.2. The highest BCUT2D eigenvalue weighted by Gasteiger charge is 2.16. The number of ether oxygens (including phenoxy) is 1. The first-order valence-corrected chi connectivity index (χ1v) is 7.23. The first-order chi connectivity index (χ1) is 10.3. The monoisotopic (exact) mass is 280 g/mol.